The average molecular weight is 313 g/mol. The SMILES string of the molecule is CNCC(C)C(=O)Nc1ccc(C(C)C)cc1C(C)C.Cl. The van der Waals surface area contributed by atoms with Crippen LogP contribution in [0.5, 0.6) is 0 Å². The summed E-state index contributed by atoms with van der Waals surface area (Å²) in [5.74, 6) is 0.924. The van der Waals surface area contributed by atoms with Gasteiger partial charge in [0, 0.05) is 18.2 Å². The zero-order chi connectivity index (χ0) is 15.3. The first-order chi connectivity index (χ1) is 9.36. The molecule has 0 aliphatic rings. The quantitative estimate of drug-likeness (QED) is 0.828. The summed E-state index contributed by atoms with van der Waals surface area (Å²) in [6.07, 6.45) is 0. The van der Waals surface area contributed by atoms with Crippen LogP contribution in [0, 0.1) is 5.92 Å². The fourth-order valence-corrected chi connectivity index (χ4v) is 2.19. The van der Waals surface area contributed by atoms with Gasteiger partial charge < -0.3 is 10.6 Å². The molecule has 1 amide bonds. The zero-order valence-electron chi connectivity index (χ0n) is 14.0. The van der Waals surface area contributed by atoms with E-state index in [0.29, 0.717) is 18.4 Å². The number of amides is 1. The van der Waals surface area contributed by atoms with Gasteiger partial charge in [-0.1, -0.05) is 46.8 Å². The Hall–Kier alpha value is -1.06. The van der Waals surface area contributed by atoms with E-state index in [9.17, 15) is 4.79 Å². The van der Waals surface area contributed by atoms with Crippen LogP contribution in [0.25, 0.3) is 0 Å². The van der Waals surface area contributed by atoms with E-state index in [1.807, 2.05) is 20.0 Å². The monoisotopic (exact) mass is 312 g/mol. The Morgan fingerprint density at radius 2 is 1.71 bits per heavy atom. The smallest absolute Gasteiger partial charge is 0.228 e. The lowest BCUT2D eigenvalue weighted by Crippen LogP contribution is -2.29. The summed E-state index contributed by atoms with van der Waals surface area (Å²) in [5, 5.41) is 6.10. The van der Waals surface area contributed by atoms with Gasteiger partial charge in [0.15, 0.2) is 0 Å². The van der Waals surface area contributed by atoms with Crippen molar-refractivity contribution in [1.82, 2.24) is 5.32 Å². The molecule has 4 heteroatoms. The van der Waals surface area contributed by atoms with Crippen molar-refractivity contribution in [2.75, 3.05) is 18.9 Å². The number of nitrogens with one attached hydrogen (secondary N) is 2. The van der Waals surface area contributed by atoms with Crippen molar-refractivity contribution in [2.24, 2.45) is 5.92 Å². The highest BCUT2D eigenvalue weighted by atomic mass is 35.5. The maximum Gasteiger partial charge on any atom is 0.228 e. The molecule has 0 saturated carbocycles. The highest BCUT2D eigenvalue weighted by Crippen LogP contribution is 2.28. The van der Waals surface area contributed by atoms with E-state index >= 15 is 0 Å². The van der Waals surface area contributed by atoms with Crippen LogP contribution in [0.4, 0.5) is 5.69 Å². The van der Waals surface area contributed by atoms with Crippen molar-refractivity contribution in [3.8, 4) is 0 Å². The molecular weight excluding hydrogens is 284 g/mol. The van der Waals surface area contributed by atoms with Crippen LogP contribution in [0.3, 0.4) is 0 Å². The molecule has 0 aliphatic carbocycles. The molecule has 0 radical (unpaired) electrons. The molecule has 1 unspecified atom stereocenters. The van der Waals surface area contributed by atoms with Gasteiger partial charge in [-0.15, -0.1) is 12.4 Å². The minimum atomic E-state index is -0.0372. The summed E-state index contributed by atoms with van der Waals surface area (Å²) in [6.45, 7) is 11.3. The third-order valence-corrected chi connectivity index (χ3v) is 3.58. The number of carbonyl (C=O) groups excluding carboxylic acids is 1. The molecule has 2 N–H and O–H groups in total. The van der Waals surface area contributed by atoms with E-state index in [1.54, 1.807) is 0 Å². The van der Waals surface area contributed by atoms with Gasteiger partial charge in [-0.25, -0.2) is 0 Å². The van der Waals surface area contributed by atoms with Gasteiger partial charge in [0.25, 0.3) is 0 Å². The molecule has 0 aliphatic heterocycles. The number of hydrogen-bond donors (Lipinski definition) is 2. The van der Waals surface area contributed by atoms with Crippen LogP contribution in [0.2, 0.25) is 0 Å². The predicted octanol–water partition coefficient (Wildman–Crippen LogP) is 4.15. The number of rotatable bonds is 6. The van der Waals surface area contributed by atoms with Crippen molar-refractivity contribution in [1.29, 1.82) is 0 Å². The van der Waals surface area contributed by atoms with Gasteiger partial charge in [-0.2, -0.15) is 0 Å². The summed E-state index contributed by atoms with van der Waals surface area (Å²) in [7, 11) is 1.86. The van der Waals surface area contributed by atoms with Gasteiger partial charge in [0.2, 0.25) is 5.91 Å². The van der Waals surface area contributed by atoms with Crippen molar-refractivity contribution >= 4 is 24.0 Å². The van der Waals surface area contributed by atoms with Gasteiger partial charge >= 0.3 is 0 Å². The summed E-state index contributed by atoms with van der Waals surface area (Å²) in [6, 6.07) is 6.36. The third-order valence-electron chi connectivity index (χ3n) is 3.58. The lowest BCUT2D eigenvalue weighted by atomic mass is 9.94. The number of benzene rings is 1. The largest absolute Gasteiger partial charge is 0.326 e. The molecule has 1 rings (SSSR count). The first-order valence-electron chi connectivity index (χ1n) is 7.46. The molecule has 0 fully saturated rings. The lowest BCUT2D eigenvalue weighted by Gasteiger charge is -2.18. The van der Waals surface area contributed by atoms with Gasteiger partial charge in [-0.3, -0.25) is 4.79 Å². The topological polar surface area (TPSA) is 41.1 Å². The maximum atomic E-state index is 12.1. The van der Waals surface area contributed by atoms with Crippen molar-refractivity contribution in [2.45, 2.75) is 46.5 Å². The van der Waals surface area contributed by atoms with Gasteiger partial charge in [0.05, 0.1) is 0 Å². The maximum absolute atomic E-state index is 12.1. The minimum absolute atomic E-state index is 0. The number of halogens is 1. The Balaban J connectivity index is 0.00000400. The first kappa shape index (κ1) is 19.9. The molecule has 0 aromatic heterocycles. The molecule has 120 valence electrons. The molecule has 0 spiro atoms. The summed E-state index contributed by atoms with van der Waals surface area (Å²) in [4.78, 5) is 12.1. The first-order valence-corrected chi connectivity index (χ1v) is 7.46. The molecule has 1 aromatic carbocycles. The van der Waals surface area contributed by atoms with Crippen molar-refractivity contribution in [3.63, 3.8) is 0 Å². The van der Waals surface area contributed by atoms with E-state index in [1.165, 1.54) is 11.1 Å². The molecule has 1 atom stereocenters. The van der Waals surface area contributed by atoms with E-state index < -0.39 is 0 Å². The molecule has 0 heterocycles. The predicted molar refractivity (Wildman–Crippen MR) is 93.6 cm³/mol. The average Bonchev–Trinajstić information content (AvgIpc) is 2.38. The molecule has 3 nitrogen and oxygen atoms in total. The fourth-order valence-electron chi connectivity index (χ4n) is 2.19. The van der Waals surface area contributed by atoms with Crippen LogP contribution in [0.1, 0.15) is 57.6 Å². The van der Waals surface area contributed by atoms with Crippen molar-refractivity contribution in [3.05, 3.63) is 29.3 Å². The summed E-state index contributed by atoms with van der Waals surface area (Å²) in [5.41, 5.74) is 3.47. The molecule has 0 bridgehead atoms. The minimum Gasteiger partial charge on any atom is -0.326 e. The molecule has 1 aromatic rings. The highest BCUT2D eigenvalue weighted by Gasteiger charge is 2.15. The molecule has 0 saturated heterocycles. The lowest BCUT2D eigenvalue weighted by molar-refractivity contribution is -0.119. The Morgan fingerprint density at radius 3 is 2.19 bits per heavy atom. The van der Waals surface area contributed by atoms with Crippen LogP contribution < -0.4 is 10.6 Å². The fraction of sp³-hybridized carbons (Fsp3) is 0.588. The van der Waals surface area contributed by atoms with E-state index in [0.717, 1.165) is 5.69 Å². The van der Waals surface area contributed by atoms with Crippen LogP contribution in [0.15, 0.2) is 18.2 Å². The summed E-state index contributed by atoms with van der Waals surface area (Å²) < 4.78 is 0. The second kappa shape index (κ2) is 9.06. The summed E-state index contributed by atoms with van der Waals surface area (Å²) >= 11 is 0. The Morgan fingerprint density at radius 1 is 1.10 bits per heavy atom. The van der Waals surface area contributed by atoms with Crippen LogP contribution in [-0.4, -0.2) is 19.5 Å². The second-order valence-electron chi connectivity index (χ2n) is 6.10. The number of hydrogen-bond acceptors (Lipinski definition) is 2. The molecule has 21 heavy (non-hydrogen) atoms. The van der Waals surface area contributed by atoms with Gasteiger partial charge in [-0.05, 0) is 36.1 Å². The van der Waals surface area contributed by atoms with Gasteiger partial charge in [0.1, 0.15) is 0 Å². The van der Waals surface area contributed by atoms with Crippen LogP contribution >= 0.6 is 12.4 Å². The number of carbonyl (C=O) groups is 1. The van der Waals surface area contributed by atoms with E-state index in [2.05, 4.69) is 50.5 Å². The Labute approximate surface area is 135 Å². The van der Waals surface area contributed by atoms with E-state index in [-0.39, 0.29) is 24.2 Å². The van der Waals surface area contributed by atoms with E-state index in [4.69, 9.17) is 0 Å². The standard InChI is InChI=1S/C17H28N2O.ClH/c1-11(2)14-7-8-16(15(9-14)12(3)4)19-17(20)13(5)10-18-6;/h7-9,11-13,18H,10H2,1-6H3,(H,19,20);1H. The van der Waals surface area contributed by atoms with Crippen molar-refractivity contribution < 1.29 is 4.79 Å². The Kier molecular flexibility index (Phi) is 8.60. The normalized spacial score (nSPS) is 12.2. The zero-order valence-corrected chi connectivity index (χ0v) is 14.8. The highest BCUT2D eigenvalue weighted by molar-refractivity contribution is 5.93. The van der Waals surface area contributed by atoms with Crippen LogP contribution in [-0.2, 0) is 4.79 Å². The molecular formula is C17H29ClN2O. The Bertz CT molecular complexity index is 458. The number of anilines is 1. The second-order valence-corrected chi connectivity index (χ2v) is 6.10. The third kappa shape index (κ3) is 5.68.